The van der Waals surface area contributed by atoms with E-state index in [2.05, 4.69) is 21.2 Å². The fraction of sp³-hybridized carbons (Fsp3) is 0.500. The lowest BCUT2D eigenvalue weighted by atomic mass is 10.1. The van der Waals surface area contributed by atoms with E-state index in [4.69, 9.17) is 14.2 Å². The first-order valence-electron chi connectivity index (χ1n) is 7.20. The van der Waals surface area contributed by atoms with Gasteiger partial charge in [-0.25, -0.2) is 9.59 Å². The summed E-state index contributed by atoms with van der Waals surface area (Å²) >= 11 is 3.28. The monoisotopic (exact) mass is 403 g/mol. The number of ether oxygens (including phenoxy) is 3. The molecule has 134 valence electrons. The van der Waals surface area contributed by atoms with E-state index in [-0.39, 0.29) is 17.9 Å². The van der Waals surface area contributed by atoms with Gasteiger partial charge in [-0.05, 0) is 54.4 Å². The number of halogens is 1. The molecule has 1 unspecified atom stereocenters. The van der Waals surface area contributed by atoms with Crippen molar-refractivity contribution in [1.82, 2.24) is 5.32 Å². The third kappa shape index (κ3) is 5.92. The number of hydrogen-bond donors (Lipinski definition) is 2. The Labute approximate surface area is 149 Å². The van der Waals surface area contributed by atoms with Gasteiger partial charge >= 0.3 is 12.1 Å². The fourth-order valence-electron chi connectivity index (χ4n) is 1.97. The van der Waals surface area contributed by atoms with Gasteiger partial charge in [-0.15, -0.1) is 0 Å². The number of esters is 1. The quantitative estimate of drug-likeness (QED) is 0.733. The van der Waals surface area contributed by atoms with Gasteiger partial charge in [-0.1, -0.05) is 0 Å². The summed E-state index contributed by atoms with van der Waals surface area (Å²) in [6, 6.07) is 2.19. The molecule has 1 atom stereocenters. The Morgan fingerprint density at radius 3 is 2.38 bits per heavy atom. The molecule has 0 bridgehead atoms. The second-order valence-electron chi connectivity index (χ2n) is 6.06. The first-order valence-corrected chi connectivity index (χ1v) is 7.99. The zero-order valence-electron chi connectivity index (χ0n) is 14.3. The molecular weight excluding hydrogens is 382 g/mol. The topological polar surface area (TPSA) is 94.1 Å². The average Bonchev–Trinajstić information content (AvgIpc) is 2.43. The number of carbonyl (C=O) groups excluding carboxylic acids is 2. The van der Waals surface area contributed by atoms with Gasteiger partial charge in [0, 0.05) is 6.42 Å². The minimum absolute atomic E-state index is 0.0808. The first kappa shape index (κ1) is 20.1. The number of phenolic OH excluding ortho intramolecular Hbond substituents is 1. The van der Waals surface area contributed by atoms with Crippen molar-refractivity contribution in [3.05, 3.63) is 22.2 Å². The van der Waals surface area contributed by atoms with Gasteiger partial charge in [0.15, 0.2) is 11.5 Å². The molecule has 0 radical (unpaired) electrons. The number of aromatic hydroxyl groups is 1. The van der Waals surface area contributed by atoms with Gasteiger partial charge in [0.2, 0.25) is 0 Å². The Morgan fingerprint density at radius 2 is 1.92 bits per heavy atom. The molecule has 1 amide bonds. The SMILES string of the molecule is COC(=O)C(Cc1cc(O)c(OC)c(Br)c1)NC(=O)OC(C)(C)C. The Morgan fingerprint density at radius 1 is 1.29 bits per heavy atom. The Bertz CT molecular complexity index is 588. The van der Waals surface area contributed by atoms with E-state index in [1.165, 1.54) is 20.3 Å². The van der Waals surface area contributed by atoms with E-state index >= 15 is 0 Å². The Balaban J connectivity index is 2.95. The second-order valence-corrected chi connectivity index (χ2v) is 6.91. The number of methoxy groups -OCH3 is 2. The number of hydrogen-bond acceptors (Lipinski definition) is 6. The molecule has 24 heavy (non-hydrogen) atoms. The van der Waals surface area contributed by atoms with E-state index in [1.54, 1.807) is 26.8 Å². The van der Waals surface area contributed by atoms with Crippen LogP contribution in [-0.2, 0) is 20.7 Å². The van der Waals surface area contributed by atoms with Crippen molar-refractivity contribution < 1.29 is 28.9 Å². The molecule has 0 spiro atoms. The lowest BCUT2D eigenvalue weighted by Gasteiger charge is -2.22. The number of alkyl carbamates (subject to hydrolysis) is 1. The van der Waals surface area contributed by atoms with Crippen molar-refractivity contribution in [3.8, 4) is 11.5 Å². The van der Waals surface area contributed by atoms with Crippen LogP contribution in [0.2, 0.25) is 0 Å². The first-order chi connectivity index (χ1) is 11.1. The summed E-state index contributed by atoms with van der Waals surface area (Å²) < 4.78 is 15.4. The highest BCUT2D eigenvalue weighted by Crippen LogP contribution is 2.35. The molecule has 1 aromatic carbocycles. The van der Waals surface area contributed by atoms with Crippen molar-refractivity contribution in [1.29, 1.82) is 0 Å². The van der Waals surface area contributed by atoms with Gasteiger partial charge in [0.1, 0.15) is 11.6 Å². The van der Waals surface area contributed by atoms with Crippen LogP contribution in [0, 0.1) is 0 Å². The van der Waals surface area contributed by atoms with Crippen LogP contribution in [0.1, 0.15) is 26.3 Å². The number of benzene rings is 1. The van der Waals surface area contributed by atoms with Gasteiger partial charge in [-0.3, -0.25) is 0 Å². The minimum atomic E-state index is -0.954. The summed E-state index contributed by atoms with van der Waals surface area (Å²) in [5, 5.41) is 12.4. The summed E-state index contributed by atoms with van der Waals surface area (Å²) in [5.74, 6) is -0.413. The van der Waals surface area contributed by atoms with Crippen LogP contribution in [-0.4, -0.2) is 43.0 Å². The van der Waals surface area contributed by atoms with Gasteiger partial charge < -0.3 is 24.6 Å². The number of phenols is 1. The van der Waals surface area contributed by atoms with Gasteiger partial charge in [-0.2, -0.15) is 0 Å². The summed E-state index contributed by atoms with van der Waals surface area (Å²) in [6.07, 6.45) is -0.614. The van der Waals surface area contributed by atoms with Crippen LogP contribution in [0.15, 0.2) is 16.6 Å². The van der Waals surface area contributed by atoms with Crippen molar-refractivity contribution in [2.24, 2.45) is 0 Å². The van der Waals surface area contributed by atoms with Crippen LogP contribution in [0.25, 0.3) is 0 Å². The van der Waals surface area contributed by atoms with Crippen molar-refractivity contribution in [2.45, 2.75) is 38.8 Å². The maximum Gasteiger partial charge on any atom is 0.408 e. The Kier molecular flexibility index (Phi) is 6.89. The molecule has 1 rings (SSSR count). The van der Waals surface area contributed by atoms with Crippen LogP contribution in [0.3, 0.4) is 0 Å². The van der Waals surface area contributed by atoms with E-state index in [1.807, 2.05) is 0 Å². The highest BCUT2D eigenvalue weighted by molar-refractivity contribution is 9.10. The number of carbonyl (C=O) groups is 2. The van der Waals surface area contributed by atoms with Gasteiger partial charge in [0.25, 0.3) is 0 Å². The summed E-state index contributed by atoms with van der Waals surface area (Å²) in [4.78, 5) is 23.8. The van der Waals surface area contributed by atoms with E-state index in [0.717, 1.165) is 0 Å². The third-order valence-electron chi connectivity index (χ3n) is 2.90. The lowest BCUT2D eigenvalue weighted by molar-refractivity contribution is -0.143. The van der Waals surface area contributed by atoms with Gasteiger partial charge in [0.05, 0.1) is 18.7 Å². The predicted molar refractivity (Wildman–Crippen MR) is 91.2 cm³/mol. The normalized spacial score (nSPS) is 12.2. The average molecular weight is 404 g/mol. The van der Waals surface area contributed by atoms with Crippen molar-refractivity contribution in [2.75, 3.05) is 14.2 Å². The van der Waals surface area contributed by atoms with E-state index < -0.39 is 23.7 Å². The standard InChI is InChI=1S/C16H22BrNO6/c1-16(2,3)24-15(21)18-11(14(20)23-5)7-9-6-10(17)13(22-4)12(19)8-9/h6,8,11,19H,7H2,1-5H3,(H,18,21). The molecule has 7 nitrogen and oxygen atoms in total. The minimum Gasteiger partial charge on any atom is -0.504 e. The zero-order chi connectivity index (χ0) is 18.5. The highest BCUT2D eigenvalue weighted by Gasteiger charge is 2.26. The molecule has 0 heterocycles. The molecule has 0 aliphatic heterocycles. The van der Waals surface area contributed by atoms with E-state index in [9.17, 15) is 14.7 Å². The maximum atomic E-state index is 11.9. The molecular formula is C16H22BrNO6. The number of nitrogens with one attached hydrogen (secondary N) is 1. The summed E-state index contributed by atoms with van der Waals surface area (Å²) in [7, 11) is 2.66. The molecule has 0 aliphatic carbocycles. The lowest BCUT2D eigenvalue weighted by Crippen LogP contribution is -2.45. The summed E-state index contributed by atoms with van der Waals surface area (Å²) in [5.41, 5.74) is -0.0850. The van der Waals surface area contributed by atoms with Crippen LogP contribution in [0.4, 0.5) is 4.79 Å². The molecule has 0 fully saturated rings. The van der Waals surface area contributed by atoms with Crippen LogP contribution >= 0.6 is 15.9 Å². The van der Waals surface area contributed by atoms with E-state index in [0.29, 0.717) is 10.0 Å². The Hall–Kier alpha value is -1.96. The predicted octanol–water partition coefficient (Wildman–Crippen LogP) is 2.77. The third-order valence-corrected chi connectivity index (χ3v) is 3.49. The van der Waals surface area contributed by atoms with Crippen LogP contribution in [0.5, 0.6) is 11.5 Å². The molecule has 2 N–H and O–H groups in total. The molecule has 0 saturated carbocycles. The molecule has 1 aromatic rings. The molecule has 0 saturated heterocycles. The van der Waals surface area contributed by atoms with Crippen molar-refractivity contribution >= 4 is 28.0 Å². The van der Waals surface area contributed by atoms with Crippen molar-refractivity contribution in [3.63, 3.8) is 0 Å². The smallest absolute Gasteiger partial charge is 0.408 e. The fourth-order valence-corrected chi connectivity index (χ4v) is 2.63. The number of rotatable bonds is 5. The number of amides is 1. The highest BCUT2D eigenvalue weighted by atomic mass is 79.9. The molecule has 0 aliphatic rings. The largest absolute Gasteiger partial charge is 0.504 e. The zero-order valence-corrected chi connectivity index (χ0v) is 15.9. The second kappa shape index (κ2) is 8.23. The molecule has 8 heteroatoms. The summed E-state index contributed by atoms with van der Waals surface area (Å²) in [6.45, 7) is 5.16. The maximum absolute atomic E-state index is 11.9. The van der Waals surface area contributed by atoms with Crippen LogP contribution < -0.4 is 10.1 Å². The molecule has 0 aromatic heterocycles.